The zero-order valence-electron chi connectivity index (χ0n) is 10.7. The Kier molecular flexibility index (Phi) is 4.86. The number of hydrogen-bond acceptors (Lipinski definition) is 2. The van der Waals surface area contributed by atoms with Gasteiger partial charge in [0.1, 0.15) is 17.7 Å². The molecule has 0 spiro atoms. The Balaban J connectivity index is 2.43. The van der Waals surface area contributed by atoms with Crippen molar-refractivity contribution in [2.24, 2.45) is 0 Å². The summed E-state index contributed by atoms with van der Waals surface area (Å²) in [4.78, 5) is 0. The van der Waals surface area contributed by atoms with Gasteiger partial charge in [0.05, 0.1) is 16.6 Å². The van der Waals surface area contributed by atoms with Crippen molar-refractivity contribution in [3.8, 4) is 0 Å². The van der Waals surface area contributed by atoms with E-state index in [0.29, 0.717) is 12.2 Å². The zero-order chi connectivity index (χ0) is 14.7. The quantitative estimate of drug-likeness (QED) is 0.852. The van der Waals surface area contributed by atoms with Crippen molar-refractivity contribution in [1.82, 2.24) is 0 Å². The monoisotopic (exact) mass is 342 g/mol. The number of methoxy groups -OCH3 is 1. The molecule has 0 heterocycles. The molecule has 0 bridgehead atoms. The van der Waals surface area contributed by atoms with Crippen LogP contribution in [0.3, 0.4) is 0 Å². The first-order chi connectivity index (χ1) is 9.54. The second-order valence-electron chi connectivity index (χ2n) is 4.34. The second kappa shape index (κ2) is 6.43. The summed E-state index contributed by atoms with van der Waals surface area (Å²) in [6.45, 7) is 0.365. The summed E-state index contributed by atoms with van der Waals surface area (Å²) in [7, 11) is 1.55. The average molecular weight is 343 g/mol. The van der Waals surface area contributed by atoms with Crippen LogP contribution in [0.1, 0.15) is 22.8 Å². The highest BCUT2D eigenvalue weighted by Gasteiger charge is 2.21. The molecule has 1 unspecified atom stereocenters. The van der Waals surface area contributed by atoms with Gasteiger partial charge in [-0.25, -0.2) is 8.78 Å². The van der Waals surface area contributed by atoms with E-state index in [1.165, 1.54) is 6.07 Å². The minimum absolute atomic E-state index is 0.112. The lowest BCUT2D eigenvalue weighted by molar-refractivity contribution is 0.183. The normalized spacial score (nSPS) is 12.4. The van der Waals surface area contributed by atoms with E-state index < -0.39 is 17.7 Å². The van der Waals surface area contributed by atoms with Gasteiger partial charge in [0, 0.05) is 7.11 Å². The third-order valence-corrected chi connectivity index (χ3v) is 3.54. The topological polar surface area (TPSA) is 29.5 Å². The number of ether oxygens (including phenoxy) is 1. The van der Waals surface area contributed by atoms with Crippen molar-refractivity contribution < 1.29 is 18.6 Å². The maximum absolute atomic E-state index is 14.0. The third kappa shape index (κ3) is 3.06. The van der Waals surface area contributed by atoms with E-state index in [2.05, 4.69) is 15.9 Å². The predicted molar refractivity (Wildman–Crippen MR) is 75.3 cm³/mol. The standard InChI is InChI=1S/C15H13BrF2O2/c1-20-8-9-3-2-4-10(7-9)15(19)13-12(17)6-5-11(16)14(13)18/h2-7,15,19H,8H2,1H3. The van der Waals surface area contributed by atoms with Gasteiger partial charge in [-0.1, -0.05) is 24.3 Å². The van der Waals surface area contributed by atoms with Crippen LogP contribution in [-0.4, -0.2) is 12.2 Å². The average Bonchev–Trinajstić information content (AvgIpc) is 2.44. The van der Waals surface area contributed by atoms with Crippen LogP contribution in [0.25, 0.3) is 0 Å². The van der Waals surface area contributed by atoms with Crippen molar-refractivity contribution in [3.63, 3.8) is 0 Å². The molecule has 1 atom stereocenters. The smallest absolute Gasteiger partial charge is 0.146 e. The summed E-state index contributed by atoms with van der Waals surface area (Å²) >= 11 is 2.99. The minimum atomic E-state index is -1.37. The van der Waals surface area contributed by atoms with E-state index in [-0.39, 0.29) is 10.0 Å². The number of rotatable bonds is 4. The fraction of sp³-hybridized carbons (Fsp3) is 0.200. The Morgan fingerprint density at radius 2 is 2.00 bits per heavy atom. The highest BCUT2D eigenvalue weighted by molar-refractivity contribution is 9.10. The van der Waals surface area contributed by atoms with Gasteiger partial charge in [0.2, 0.25) is 0 Å². The first-order valence-corrected chi connectivity index (χ1v) is 6.73. The molecule has 0 saturated heterocycles. The van der Waals surface area contributed by atoms with E-state index >= 15 is 0 Å². The van der Waals surface area contributed by atoms with Crippen LogP contribution in [0.2, 0.25) is 0 Å². The summed E-state index contributed by atoms with van der Waals surface area (Å²) in [5, 5.41) is 10.2. The highest BCUT2D eigenvalue weighted by Crippen LogP contribution is 2.31. The molecule has 0 aromatic heterocycles. The van der Waals surface area contributed by atoms with Crippen LogP contribution in [0.5, 0.6) is 0 Å². The molecule has 1 N–H and O–H groups in total. The lowest BCUT2D eigenvalue weighted by atomic mass is 9.99. The maximum Gasteiger partial charge on any atom is 0.146 e. The van der Waals surface area contributed by atoms with Crippen LogP contribution >= 0.6 is 15.9 Å². The van der Waals surface area contributed by atoms with Gasteiger partial charge >= 0.3 is 0 Å². The number of aliphatic hydroxyl groups excluding tert-OH is 1. The largest absolute Gasteiger partial charge is 0.383 e. The van der Waals surface area contributed by atoms with Crippen LogP contribution in [0.15, 0.2) is 40.9 Å². The van der Waals surface area contributed by atoms with Crippen molar-refractivity contribution in [3.05, 3.63) is 69.2 Å². The maximum atomic E-state index is 14.0. The summed E-state index contributed by atoms with van der Waals surface area (Å²) in [6.07, 6.45) is -1.37. The number of aliphatic hydroxyl groups is 1. The lowest BCUT2D eigenvalue weighted by Crippen LogP contribution is -2.07. The van der Waals surface area contributed by atoms with Crippen molar-refractivity contribution >= 4 is 15.9 Å². The minimum Gasteiger partial charge on any atom is -0.383 e. The SMILES string of the molecule is COCc1cccc(C(O)c2c(F)ccc(Br)c2F)c1. The summed E-state index contributed by atoms with van der Waals surface area (Å²) in [6, 6.07) is 9.18. The zero-order valence-corrected chi connectivity index (χ0v) is 12.3. The van der Waals surface area contributed by atoms with Gasteiger partial charge in [-0.15, -0.1) is 0 Å². The third-order valence-electron chi connectivity index (χ3n) is 2.93. The molecular formula is C15H13BrF2O2. The number of halogens is 3. The molecular weight excluding hydrogens is 330 g/mol. The van der Waals surface area contributed by atoms with Crippen LogP contribution in [-0.2, 0) is 11.3 Å². The molecule has 20 heavy (non-hydrogen) atoms. The Labute approximate surface area is 124 Å². The molecule has 106 valence electrons. The Morgan fingerprint density at radius 3 is 2.70 bits per heavy atom. The molecule has 0 fully saturated rings. The van der Waals surface area contributed by atoms with E-state index in [4.69, 9.17) is 4.74 Å². The van der Waals surface area contributed by atoms with Gasteiger partial charge in [-0.2, -0.15) is 0 Å². The van der Waals surface area contributed by atoms with Gasteiger partial charge < -0.3 is 9.84 Å². The van der Waals surface area contributed by atoms with Crippen LogP contribution < -0.4 is 0 Å². The highest BCUT2D eigenvalue weighted by atomic mass is 79.9. The fourth-order valence-electron chi connectivity index (χ4n) is 1.98. The van der Waals surface area contributed by atoms with Crippen molar-refractivity contribution in [2.45, 2.75) is 12.7 Å². The molecule has 0 radical (unpaired) electrons. The molecule has 2 rings (SSSR count). The molecule has 0 aliphatic rings. The first kappa shape index (κ1) is 15.1. The van der Waals surface area contributed by atoms with E-state index in [9.17, 15) is 13.9 Å². The van der Waals surface area contributed by atoms with Crippen molar-refractivity contribution in [2.75, 3.05) is 7.11 Å². The van der Waals surface area contributed by atoms with E-state index in [0.717, 1.165) is 11.6 Å². The molecule has 2 aromatic rings. The Bertz CT molecular complexity index is 617. The first-order valence-electron chi connectivity index (χ1n) is 5.94. The molecule has 0 aliphatic heterocycles. The van der Waals surface area contributed by atoms with E-state index in [1.807, 2.05) is 6.07 Å². The summed E-state index contributed by atoms with van der Waals surface area (Å²) in [5.74, 6) is -1.58. The summed E-state index contributed by atoms with van der Waals surface area (Å²) in [5.41, 5.74) is 0.865. The Morgan fingerprint density at radius 1 is 1.25 bits per heavy atom. The molecule has 0 aliphatic carbocycles. The summed E-state index contributed by atoms with van der Waals surface area (Å²) < 4.78 is 32.9. The van der Waals surface area contributed by atoms with Crippen LogP contribution in [0, 0.1) is 11.6 Å². The second-order valence-corrected chi connectivity index (χ2v) is 5.19. The van der Waals surface area contributed by atoms with Gasteiger partial charge in [-0.05, 0) is 39.2 Å². The number of hydrogen-bond donors (Lipinski definition) is 1. The fourth-order valence-corrected chi connectivity index (χ4v) is 2.33. The Hall–Kier alpha value is -1.30. The molecule has 2 aromatic carbocycles. The van der Waals surface area contributed by atoms with Gasteiger partial charge in [-0.3, -0.25) is 0 Å². The molecule has 0 amide bonds. The molecule has 0 saturated carbocycles. The van der Waals surface area contributed by atoms with E-state index in [1.54, 1.807) is 25.3 Å². The van der Waals surface area contributed by atoms with Gasteiger partial charge in [0.15, 0.2) is 0 Å². The predicted octanol–water partition coefficient (Wildman–Crippen LogP) is 3.96. The molecule has 5 heteroatoms. The van der Waals surface area contributed by atoms with Gasteiger partial charge in [0.25, 0.3) is 0 Å². The van der Waals surface area contributed by atoms with Crippen LogP contribution in [0.4, 0.5) is 8.78 Å². The van der Waals surface area contributed by atoms with Crippen molar-refractivity contribution in [1.29, 1.82) is 0 Å². The molecule has 2 nitrogen and oxygen atoms in total. The lowest BCUT2D eigenvalue weighted by Gasteiger charge is -2.15. The number of benzene rings is 2.